The number of aromatic nitrogens is 3. The van der Waals surface area contributed by atoms with Crippen molar-refractivity contribution in [1.82, 2.24) is 24.6 Å². The molecule has 1 fully saturated rings. The van der Waals surface area contributed by atoms with E-state index >= 15 is 0 Å². The van der Waals surface area contributed by atoms with Gasteiger partial charge in [0.25, 0.3) is 0 Å². The summed E-state index contributed by atoms with van der Waals surface area (Å²) in [6.07, 6.45) is 0. The molecule has 2 aromatic rings. The van der Waals surface area contributed by atoms with Crippen LogP contribution in [0.4, 0.5) is 0 Å². The summed E-state index contributed by atoms with van der Waals surface area (Å²) in [5.41, 5.74) is 0.571. The van der Waals surface area contributed by atoms with E-state index in [1.807, 2.05) is 67.6 Å². The number of nitrogens with zero attached hydrogens (tertiary/aromatic N) is 5. The summed E-state index contributed by atoms with van der Waals surface area (Å²) in [5.74, 6) is 2.10. The van der Waals surface area contributed by atoms with Gasteiger partial charge in [0.15, 0.2) is 0 Å². The zero-order valence-electron chi connectivity index (χ0n) is 15.6. The van der Waals surface area contributed by atoms with E-state index in [-0.39, 0.29) is 5.91 Å². The molecule has 1 aromatic heterocycles. The molecular weight excluding hydrogens is 314 g/mol. The van der Waals surface area contributed by atoms with Crippen molar-refractivity contribution in [2.24, 2.45) is 7.05 Å². The van der Waals surface area contributed by atoms with Crippen LogP contribution in [0.2, 0.25) is 0 Å². The highest BCUT2D eigenvalue weighted by Gasteiger charge is 2.35. The van der Waals surface area contributed by atoms with Crippen LogP contribution in [0.25, 0.3) is 0 Å². The van der Waals surface area contributed by atoms with Gasteiger partial charge in [0, 0.05) is 33.2 Å². The number of benzene rings is 1. The van der Waals surface area contributed by atoms with E-state index in [2.05, 4.69) is 15.1 Å². The normalized spacial score (nSPS) is 16.2. The lowest BCUT2D eigenvalue weighted by atomic mass is 9.83. The summed E-state index contributed by atoms with van der Waals surface area (Å²) in [7, 11) is 1.99. The molecule has 1 aromatic carbocycles. The van der Waals surface area contributed by atoms with Gasteiger partial charge in [-0.15, -0.1) is 10.2 Å². The quantitative estimate of drug-likeness (QED) is 0.850. The van der Waals surface area contributed by atoms with Crippen molar-refractivity contribution in [3.05, 3.63) is 47.5 Å². The summed E-state index contributed by atoms with van der Waals surface area (Å²) in [6.45, 7) is 10.0. The Hall–Kier alpha value is -2.21. The van der Waals surface area contributed by atoms with Gasteiger partial charge < -0.3 is 9.47 Å². The molecule has 3 rings (SSSR count). The third kappa shape index (κ3) is 3.58. The van der Waals surface area contributed by atoms with Crippen LogP contribution in [0.3, 0.4) is 0 Å². The van der Waals surface area contributed by atoms with E-state index in [9.17, 15) is 4.79 Å². The van der Waals surface area contributed by atoms with Crippen LogP contribution in [0.1, 0.15) is 31.1 Å². The van der Waals surface area contributed by atoms with Crippen molar-refractivity contribution in [2.75, 3.05) is 26.2 Å². The van der Waals surface area contributed by atoms with E-state index in [0.29, 0.717) is 0 Å². The Labute approximate surface area is 149 Å². The molecule has 0 aliphatic carbocycles. The second-order valence-electron chi connectivity index (χ2n) is 7.28. The zero-order valence-corrected chi connectivity index (χ0v) is 15.6. The lowest BCUT2D eigenvalue weighted by Gasteiger charge is -2.38. The van der Waals surface area contributed by atoms with E-state index in [4.69, 9.17) is 0 Å². The largest absolute Gasteiger partial charge is 0.339 e. The lowest BCUT2D eigenvalue weighted by molar-refractivity contribution is -0.138. The second-order valence-corrected chi connectivity index (χ2v) is 7.28. The summed E-state index contributed by atoms with van der Waals surface area (Å²) in [4.78, 5) is 17.4. The molecule has 2 heterocycles. The average Bonchev–Trinajstić information content (AvgIpc) is 2.94. The number of rotatable bonds is 4. The van der Waals surface area contributed by atoms with E-state index in [1.165, 1.54) is 0 Å². The number of hydrogen-bond donors (Lipinski definition) is 0. The van der Waals surface area contributed by atoms with Gasteiger partial charge >= 0.3 is 0 Å². The van der Waals surface area contributed by atoms with Crippen LogP contribution >= 0.6 is 0 Å². The fourth-order valence-corrected chi connectivity index (χ4v) is 3.27. The molecule has 1 aliphatic heterocycles. The molecule has 1 saturated heterocycles. The van der Waals surface area contributed by atoms with Crippen LogP contribution in [-0.4, -0.2) is 56.7 Å². The minimum atomic E-state index is -0.496. The Morgan fingerprint density at radius 1 is 1.08 bits per heavy atom. The first-order chi connectivity index (χ1) is 11.9. The van der Waals surface area contributed by atoms with Crippen LogP contribution in [0.5, 0.6) is 0 Å². The van der Waals surface area contributed by atoms with Crippen molar-refractivity contribution in [1.29, 1.82) is 0 Å². The SMILES string of the molecule is Cc1nnc(CN2CCN(C(=O)C(C)(C)c3ccccc3)CC2)n1C. The number of aryl methyl sites for hydroxylation is 1. The molecule has 25 heavy (non-hydrogen) atoms. The minimum absolute atomic E-state index is 0.202. The molecule has 0 N–H and O–H groups in total. The summed E-state index contributed by atoms with van der Waals surface area (Å²) in [5, 5.41) is 8.35. The van der Waals surface area contributed by atoms with Gasteiger partial charge in [0.05, 0.1) is 12.0 Å². The number of amides is 1. The number of carbonyl (C=O) groups excluding carboxylic acids is 1. The predicted octanol–water partition coefficient (Wildman–Crippen LogP) is 1.75. The summed E-state index contributed by atoms with van der Waals surface area (Å²) in [6, 6.07) is 10.0. The predicted molar refractivity (Wildman–Crippen MR) is 97.1 cm³/mol. The zero-order chi connectivity index (χ0) is 18.0. The number of hydrogen-bond acceptors (Lipinski definition) is 4. The minimum Gasteiger partial charge on any atom is -0.339 e. The van der Waals surface area contributed by atoms with Crippen LogP contribution in [-0.2, 0) is 23.8 Å². The van der Waals surface area contributed by atoms with E-state index in [1.54, 1.807) is 0 Å². The van der Waals surface area contributed by atoms with Crippen molar-refractivity contribution in [3.63, 3.8) is 0 Å². The third-order valence-corrected chi connectivity index (χ3v) is 5.24. The van der Waals surface area contributed by atoms with Crippen LogP contribution in [0.15, 0.2) is 30.3 Å². The Bertz CT molecular complexity index is 730. The Kier molecular flexibility index (Phi) is 4.90. The molecule has 0 spiro atoms. The topological polar surface area (TPSA) is 54.3 Å². The van der Waals surface area contributed by atoms with Gasteiger partial charge in [-0.25, -0.2) is 0 Å². The fourth-order valence-electron chi connectivity index (χ4n) is 3.27. The van der Waals surface area contributed by atoms with E-state index in [0.717, 1.165) is 49.9 Å². The first-order valence-corrected chi connectivity index (χ1v) is 8.81. The van der Waals surface area contributed by atoms with Crippen LogP contribution in [0, 0.1) is 6.92 Å². The molecular formula is C19H27N5O. The molecule has 0 bridgehead atoms. The van der Waals surface area contributed by atoms with Gasteiger partial charge in [-0.2, -0.15) is 0 Å². The molecule has 0 saturated carbocycles. The summed E-state index contributed by atoms with van der Waals surface area (Å²) >= 11 is 0. The first kappa shape index (κ1) is 17.6. The lowest BCUT2D eigenvalue weighted by Crippen LogP contribution is -2.53. The Morgan fingerprint density at radius 3 is 2.28 bits per heavy atom. The van der Waals surface area contributed by atoms with Gasteiger partial charge in [-0.3, -0.25) is 9.69 Å². The van der Waals surface area contributed by atoms with Gasteiger partial charge in [0.2, 0.25) is 5.91 Å². The van der Waals surface area contributed by atoms with Gasteiger partial charge in [-0.1, -0.05) is 30.3 Å². The van der Waals surface area contributed by atoms with Gasteiger partial charge in [0.1, 0.15) is 11.6 Å². The molecule has 1 amide bonds. The van der Waals surface area contributed by atoms with E-state index < -0.39 is 5.41 Å². The maximum Gasteiger partial charge on any atom is 0.232 e. The van der Waals surface area contributed by atoms with Crippen molar-refractivity contribution in [3.8, 4) is 0 Å². The average molecular weight is 341 g/mol. The standard InChI is InChI=1S/C19H27N5O/c1-15-20-21-17(22(15)4)14-23-10-12-24(13-11-23)18(25)19(2,3)16-8-6-5-7-9-16/h5-9H,10-14H2,1-4H3. The number of carbonyl (C=O) groups is 1. The monoisotopic (exact) mass is 341 g/mol. The molecule has 6 nitrogen and oxygen atoms in total. The fraction of sp³-hybridized carbons (Fsp3) is 0.526. The maximum absolute atomic E-state index is 13.0. The third-order valence-electron chi connectivity index (χ3n) is 5.24. The highest BCUT2D eigenvalue weighted by molar-refractivity contribution is 5.87. The molecule has 134 valence electrons. The second kappa shape index (κ2) is 6.96. The molecule has 1 aliphatic rings. The Balaban J connectivity index is 1.60. The van der Waals surface area contributed by atoms with Crippen molar-refractivity contribution < 1.29 is 4.79 Å². The first-order valence-electron chi connectivity index (χ1n) is 8.81. The van der Waals surface area contributed by atoms with Gasteiger partial charge in [-0.05, 0) is 26.3 Å². The number of piperazine rings is 1. The van der Waals surface area contributed by atoms with Crippen molar-refractivity contribution in [2.45, 2.75) is 32.7 Å². The molecule has 0 unspecified atom stereocenters. The smallest absolute Gasteiger partial charge is 0.232 e. The van der Waals surface area contributed by atoms with Crippen LogP contribution < -0.4 is 0 Å². The maximum atomic E-state index is 13.0. The summed E-state index contributed by atoms with van der Waals surface area (Å²) < 4.78 is 2.02. The Morgan fingerprint density at radius 2 is 1.72 bits per heavy atom. The molecule has 0 atom stereocenters. The molecule has 6 heteroatoms. The van der Waals surface area contributed by atoms with Crippen molar-refractivity contribution >= 4 is 5.91 Å². The highest BCUT2D eigenvalue weighted by atomic mass is 16.2. The molecule has 0 radical (unpaired) electrons. The highest BCUT2D eigenvalue weighted by Crippen LogP contribution is 2.26.